The van der Waals surface area contributed by atoms with Crippen molar-refractivity contribution >= 4 is 5.91 Å². The van der Waals surface area contributed by atoms with Crippen LogP contribution in [-0.2, 0) is 6.18 Å². The van der Waals surface area contributed by atoms with Gasteiger partial charge in [0.2, 0.25) is 0 Å². The van der Waals surface area contributed by atoms with E-state index >= 15 is 0 Å². The largest absolute Gasteiger partial charge is 0.493 e. The van der Waals surface area contributed by atoms with Crippen LogP contribution in [-0.4, -0.2) is 64.2 Å². The molecule has 190 valence electrons. The van der Waals surface area contributed by atoms with Gasteiger partial charge in [-0.15, -0.1) is 0 Å². The van der Waals surface area contributed by atoms with Crippen molar-refractivity contribution in [2.45, 2.75) is 58.4 Å². The molecule has 35 heavy (non-hydrogen) atoms. The van der Waals surface area contributed by atoms with Crippen molar-refractivity contribution in [2.24, 2.45) is 5.92 Å². The molecule has 6 nitrogen and oxygen atoms in total. The van der Waals surface area contributed by atoms with Crippen molar-refractivity contribution in [3.8, 4) is 5.75 Å². The topological polar surface area (TPSA) is 65.9 Å². The van der Waals surface area contributed by atoms with Crippen LogP contribution in [0.3, 0.4) is 0 Å². The van der Waals surface area contributed by atoms with Crippen LogP contribution in [0.1, 0.15) is 59.1 Å². The van der Waals surface area contributed by atoms with Crippen molar-refractivity contribution in [2.75, 3.05) is 26.3 Å². The van der Waals surface area contributed by atoms with Crippen molar-refractivity contribution in [1.29, 1.82) is 0 Å². The third kappa shape index (κ3) is 5.02. The van der Waals surface area contributed by atoms with E-state index in [2.05, 4.69) is 29.8 Å². The molecule has 2 fully saturated rings. The second-order valence-electron chi connectivity index (χ2n) is 9.81. The molecule has 4 rings (SSSR count). The number of aliphatic hydroxyl groups is 1. The van der Waals surface area contributed by atoms with Crippen molar-refractivity contribution in [1.82, 2.24) is 14.8 Å². The number of rotatable bonds is 7. The lowest BCUT2D eigenvalue weighted by Crippen LogP contribution is -2.49. The van der Waals surface area contributed by atoms with Crippen LogP contribution in [0.5, 0.6) is 5.75 Å². The Hall–Kier alpha value is -2.65. The fraction of sp³-hybridized carbons (Fsp3) is 0.538. The van der Waals surface area contributed by atoms with E-state index in [1.165, 1.54) is 11.6 Å². The molecule has 0 saturated carbocycles. The number of halogens is 3. The van der Waals surface area contributed by atoms with E-state index < -0.39 is 11.9 Å². The first-order valence-corrected chi connectivity index (χ1v) is 11.9. The molecule has 1 aromatic carbocycles. The highest BCUT2D eigenvalue weighted by atomic mass is 19.4. The van der Waals surface area contributed by atoms with Gasteiger partial charge in [-0.2, -0.15) is 13.2 Å². The molecule has 0 radical (unpaired) electrons. The molecule has 2 aliphatic heterocycles. The number of carbonyl (C=O) groups excluding carboxylic acids is 1. The Labute approximate surface area is 203 Å². The van der Waals surface area contributed by atoms with Crippen molar-refractivity contribution in [3.63, 3.8) is 0 Å². The fourth-order valence-electron chi connectivity index (χ4n) is 5.16. The third-order valence-corrected chi connectivity index (χ3v) is 7.41. The van der Waals surface area contributed by atoms with E-state index in [-0.39, 0.29) is 42.1 Å². The average molecular weight is 492 g/mol. The first-order chi connectivity index (χ1) is 16.5. The minimum absolute atomic E-state index is 0.0289. The number of benzene rings is 1. The van der Waals surface area contributed by atoms with Crippen molar-refractivity contribution < 1.29 is 27.8 Å². The number of hydrogen-bond donors (Lipinski definition) is 1. The number of likely N-dealkylation sites (tertiary alicyclic amines) is 2. The van der Waals surface area contributed by atoms with E-state index in [4.69, 9.17) is 4.74 Å². The number of aliphatic hydroxyl groups excluding tert-OH is 1. The maximum Gasteiger partial charge on any atom is 0.433 e. The summed E-state index contributed by atoms with van der Waals surface area (Å²) in [7, 11) is 0. The van der Waals surface area contributed by atoms with Gasteiger partial charge >= 0.3 is 6.18 Å². The second-order valence-corrected chi connectivity index (χ2v) is 9.81. The lowest BCUT2D eigenvalue weighted by molar-refractivity contribution is -0.141. The van der Waals surface area contributed by atoms with E-state index in [0.29, 0.717) is 13.2 Å². The summed E-state index contributed by atoms with van der Waals surface area (Å²) in [5, 5.41) is 9.23. The van der Waals surface area contributed by atoms with Gasteiger partial charge in [0.05, 0.1) is 12.2 Å². The van der Waals surface area contributed by atoms with E-state index in [1.54, 1.807) is 4.90 Å². The number of alkyl halides is 3. The Balaban J connectivity index is 1.42. The number of nitrogens with zero attached hydrogens (tertiary/aromatic N) is 3. The van der Waals surface area contributed by atoms with Crippen LogP contribution in [0.2, 0.25) is 0 Å². The van der Waals surface area contributed by atoms with Gasteiger partial charge in [0.25, 0.3) is 5.91 Å². The quantitative estimate of drug-likeness (QED) is 0.623. The predicted octanol–water partition coefficient (Wildman–Crippen LogP) is 4.38. The fourth-order valence-corrected chi connectivity index (χ4v) is 5.16. The highest BCUT2D eigenvalue weighted by Crippen LogP contribution is 2.39. The number of pyridine rings is 1. The molecule has 3 heterocycles. The Kier molecular flexibility index (Phi) is 7.11. The zero-order valence-electron chi connectivity index (χ0n) is 20.5. The lowest BCUT2D eigenvalue weighted by atomic mass is 9.96. The zero-order chi connectivity index (χ0) is 25.5. The highest BCUT2D eigenvalue weighted by Gasteiger charge is 2.47. The SMILES string of the molecule is Cc1c(OC[C@H](C)CO)ccc([C@H](C)N2C[C@H]3C[C@@H]2CN3C(=O)c2ccc(C(F)(F)F)nc2)c1C. The summed E-state index contributed by atoms with van der Waals surface area (Å²) in [6, 6.07) is 6.53. The molecule has 9 heteroatoms. The van der Waals surface area contributed by atoms with Gasteiger partial charge in [-0.05, 0) is 62.1 Å². The maximum atomic E-state index is 13.0. The van der Waals surface area contributed by atoms with Gasteiger partial charge in [0.15, 0.2) is 0 Å². The molecule has 0 unspecified atom stereocenters. The summed E-state index contributed by atoms with van der Waals surface area (Å²) >= 11 is 0. The zero-order valence-corrected chi connectivity index (χ0v) is 20.5. The summed E-state index contributed by atoms with van der Waals surface area (Å²) in [4.78, 5) is 20.6. The minimum Gasteiger partial charge on any atom is -0.493 e. The Morgan fingerprint density at radius 1 is 1.14 bits per heavy atom. The number of fused-ring (bicyclic) bond motifs is 2. The number of hydrogen-bond acceptors (Lipinski definition) is 5. The van der Waals surface area contributed by atoms with Gasteiger partial charge in [-0.3, -0.25) is 14.7 Å². The summed E-state index contributed by atoms with van der Waals surface area (Å²) in [6.07, 6.45) is -2.65. The maximum absolute atomic E-state index is 13.0. The molecule has 2 bridgehead atoms. The van der Waals surface area contributed by atoms with Gasteiger partial charge < -0.3 is 14.7 Å². The first kappa shape index (κ1) is 25.4. The first-order valence-electron chi connectivity index (χ1n) is 11.9. The molecule has 2 saturated heterocycles. The van der Waals surface area contributed by atoms with Crippen LogP contribution >= 0.6 is 0 Å². The van der Waals surface area contributed by atoms with Gasteiger partial charge in [0, 0.05) is 49.9 Å². The third-order valence-electron chi connectivity index (χ3n) is 7.41. The van der Waals surface area contributed by atoms with Crippen LogP contribution < -0.4 is 4.74 Å². The van der Waals surface area contributed by atoms with Gasteiger partial charge in [-0.25, -0.2) is 0 Å². The monoisotopic (exact) mass is 491 g/mol. The Morgan fingerprint density at radius 3 is 2.46 bits per heavy atom. The van der Waals surface area contributed by atoms with E-state index in [0.717, 1.165) is 42.1 Å². The molecule has 1 N–H and O–H groups in total. The van der Waals surface area contributed by atoms with Crippen LogP contribution in [0, 0.1) is 19.8 Å². The molecule has 2 aliphatic rings. The lowest BCUT2D eigenvalue weighted by Gasteiger charge is -2.38. The molecule has 2 aromatic rings. The number of aromatic nitrogens is 1. The standard InChI is InChI=1S/C26H32F3N3O3/c1-15(13-33)14-35-23-7-6-22(16(2)17(23)3)18(4)31-11-21-9-20(31)12-32(21)25(34)19-5-8-24(30-10-19)26(27,28)29/h5-8,10,15,18,20-21,33H,9,11-14H2,1-4H3/t15-,18+,20-,21-/m1/s1. The molecule has 0 aliphatic carbocycles. The number of ether oxygens (including phenoxy) is 1. The van der Waals surface area contributed by atoms with Crippen molar-refractivity contribution in [3.05, 3.63) is 58.4 Å². The molecular weight excluding hydrogens is 459 g/mol. The van der Waals surface area contributed by atoms with Crippen LogP contribution in [0.15, 0.2) is 30.5 Å². The second kappa shape index (κ2) is 9.78. The van der Waals surface area contributed by atoms with Crippen LogP contribution in [0.25, 0.3) is 0 Å². The molecule has 4 atom stereocenters. The molecule has 1 aromatic heterocycles. The number of amides is 1. The molecular formula is C26H32F3N3O3. The summed E-state index contributed by atoms with van der Waals surface area (Å²) in [6.45, 7) is 10.0. The Bertz CT molecular complexity index is 1070. The number of piperazine rings is 1. The summed E-state index contributed by atoms with van der Waals surface area (Å²) < 4.78 is 44.3. The average Bonchev–Trinajstić information content (AvgIpc) is 3.45. The Morgan fingerprint density at radius 2 is 1.89 bits per heavy atom. The predicted molar refractivity (Wildman–Crippen MR) is 125 cm³/mol. The van der Waals surface area contributed by atoms with E-state index in [1.807, 2.05) is 19.9 Å². The molecule has 0 spiro atoms. The molecule has 1 amide bonds. The highest BCUT2D eigenvalue weighted by molar-refractivity contribution is 5.94. The minimum atomic E-state index is -4.52. The summed E-state index contributed by atoms with van der Waals surface area (Å²) in [5.74, 6) is 0.623. The smallest absolute Gasteiger partial charge is 0.433 e. The van der Waals surface area contributed by atoms with E-state index in [9.17, 15) is 23.1 Å². The van der Waals surface area contributed by atoms with Gasteiger partial charge in [-0.1, -0.05) is 13.0 Å². The van der Waals surface area contributed by atoms with Gasteiger partial charge in [0.1, 0.15) is 11.4 Å². The summed E-state index contributed by atoms with van der Waals surface area (Å²) in [5.41, 5.74) is 2.64. The van der Waals surface area contributed by atoms with Crippen LogP contribution in [0.4, 0.5) is 13.2 Å². The number of carbonyl (C=O) groups is 1. The normalized spacial score (nSPS) is 21.9.